The highest BCUT2D eigenvalue weighted by molar-refractivity contribution is 6.01. The Morgan fingerprint density at radius 3 is 2.53 bits per heavy atom. The Labute approximate surface area is 177 Å². The molecule has 1 saturated carbocycles. The lowest BCUT2D eigenvalue weighted by Crippen LogP contribution is -2.18. The Morgan fingerprint density at radius 2 is 1.93 bits per heavy atom. The van der Waals surface area contributed by atoms with Gasteiger partial charge in [-0.1, -0.05) is 12.1 Å². The minimum atomic E-state index is -0.454. The van der Waals surface area contributed by atoms with Crippen molar-refractivity contribution in [2.24, 2.45) is 0 Å². The van der Waals surface area contributed by atoms with Crippen LogP contribution >= 0.6 is 0 Å². The maximum atomic E-state index is 11.9. The van der Waals surface area contributed by atoms with Crippen molar-refractivity contribution in [3.8, 4) is 17.0 Å². The van der Waals surface area contributed by atoms with Crippen molar-refractivity contribution in [1.82, 2.24) is 4.57 Å². The van der Waals surface area contributed by atoms with Gasteiger partial charge in [0.05, 0.1) is 29.6 Å². The van der Waals surface area contributed by atoms with E-state index in [1.807, 2.05) is 57.2 Å². The van der Waals surface area contributed by atoms with E-state index in [1.165, 1.54) is 6.42 Å². The molecule has 0 atom stereocenters. The van der Waals surface area contributed by atoms with Gasteiger partial charge in [-0.3, -0.25) is 5.32 Å². The maximum Gasteiger partial charge on any atom is 0.411 e. The molecule has 158 valence electrons. The first-order chi connectivity index (χ1) is 14.5. The Kier molecular flexibility index (Phi) is 5.57. The molecule has 2 aromatic carbocycles. The molecule has 1 aliphatic carbocycles. The van der Waals surface area contributed by atoms with Crippen LogP contribution in [0.4, 0.5) is 16.2 Å². The van der Waals surface area contributed by atoms with Crippen LogP contribution in [-0.4, -0.2) is 23.4 Å². The number of nitrogens with two attached hydrogens (primary N) is 1. The highest BCUT2D eigenvalue weighted by atomic mass is 16.6. The first-order valence-electron chi connectivity index (χ1n) is 10.6. The summed E-state index contributed by atoms with van der Waals surface area (Å²) in [4.78, 5) is 11.9. The average molecular weight is 408 g/mol. The second-order valence-electron chi connectivity index (χ2n) is 7.99. The summed E-state index contributed by atoms with van der Waals surface area (Å²) in [7, 11) is 0. The first-order valence-corrected chi connectivity index (χ1v) is 10.6. The monoisotopic (exact) mass is 407 g/mol. The van der Waals surface area contributed by atoms with E-state index in [4.69, 9.17) is 15.2 Å². The van der Waals surface area contributed by atoms with E-state index < -0.39 is 6.09 Å². The zero-order valence-corrected chi connectivity index (χ0v) is 17.8. The van der Waals surface area contributed by atoms with Crippen LogP contribution < -0.4 is 15.8 Å². The molecule has 4 rings (SSSR count). The minimum absolute atomic E-state index is 0.163. The van der Waals surface area contributed by atoms with Gasteiger partial charge in [0.1, 0.15) is 5.75 Å². The molecule has 0 saturated heterocycles. The molecule has 1 aromatic heterocycles. The fourth-order valence-electron chi connectivity index (χ4n) is 3.96. The SMILES string of the molecule is CCOc1ccc2c(N)c(-c3ccc(NC(=O)OC(C)C)cc3)n(C3CCC3)c2c1. The van der Waals surface area contributed by atoms with Gasteiger partial charge in [-0.05, 0) is 64.3 Å². The molecule has 3 aromatic rings. The van der Waals surface area contributed by atoms with E-state index in [-0.39, 0.29) is 6.10 Å². The summed E-state index contributed by atoms with van der Waals surface area (Å²) in [5, 5.41) is 3.80. The van der Waals surface area contributed by atoms with Gasteiger partial charge in [-0.2, -0.15) is 0 Å². The van der Waals surface area contributed by atoms with E-state index >= 15 is 0 Å². The van der Waals surface area contributed by atoms with Crippen molar-refractivity contribution in [1.29, 1.82) is 0 Å². The van der Waals surface area contributed by atoms with Gasteiger partial charge in [0.2, 0.25) is 0 Å². The van der Waals surface area contributed by atoms with Crippen LogP contribution in [0.5, 0.6) is 5.75 Å². The molecule has 0 radical (unpaired) electrons. The maximum absolute atomic E-state index is 11.9. The van der Waals surface area contributed by atoms with E-state index in [0.717, 1.165) is 46.4 Å². The van der Waals surface area contributed by atoms with Crippen LogP contribution in [0.15, 0.2) is 42.5 Å². The molecule has 3 N–H and O–H groups in total. The summed E-state index contributed by atoms with van der Waals surface area (Å²) in [6, 6.07) is 14.3. The van der Waals surface area contributed by atoms with Crippen LogP contribution in [0, 0.1) is 0 Å². The first kappa shape index (κ1) is 20.1. The van der Waals surface area contributed by atoms with Gasteiger partial charge in [0, 0.05) is 28.7 Å². The molecule has 0 spiro atoms. The highest BCUT2D eigenvalue weighted by Crippen LogP contribution is 2.44. The number of nitrogens with zero attached hydrogens (tertiary/aromatic N) is 1. The minimum Gasteiger partial charge on any atom is -0.494 e. The molecule has 6 nitrogen and oxygen atoms in total. The summed E-state index contributed by atoms with van der Waals surface area (Å²) in [5.74, 6) is 0.859. The molecule has 0 aliphatic heterocycles. The summed E-state index contributed by atoms with van der Waals surface area (Å²) in [6.45, 7) is 6.26. The number of nitrogen functional groups attached to an aromatic ring is 1. The number of ether oxygens (including phenoxy) is 2. The second kappa shape index (κ2) is 8.30. The molecule has 1 fully saturated rings. The standard InChI is InChI=1S/C24H29N3O3/c1-4-29-19-12-13-20-21(14-19)27(18-6-5-7-18)23(22(20)25)16-8-10-17(11-9-16)26-24(28)30-15(2)3/h8-15,18H,4-7,25H2,1-3H3,(H,26,28). The number of hydrogen-bond donors (Lipinski definition) is 2. The van der Waals surface area contributed by atoms with E-state index in [9.17, 15) is 4.79 Å². The molecular formula is C24H29N3O3. The van der Waals surface area contributed by atoms with Crippen molar-refractivity contribution in [3.05, 3.63) is 42.5 Å². The third-order valence-corrected chi connectivity index (χ3v) is 5.51. The predicted molar refractivity (Wildman–Crippen MR) is 121 cm³/mol. The number of fused-ring (bicyclic) bond motifs is 1. The van der Waals surface area contributed by atoms with Gasteiger partial charge in [-0.15, -0.1) is 0 Å². The van der Waals surface area contributed by atoms with E-state index in [0.29, 0.717) is 18.3 Å². The molecule has 6 heteroatoms. The van der Waals surface area contributed by atoms with Crippen molar-refractivity contribution in [3.63, 3.8) is 0 Å². The van der Waals surface area contributed by atoms with E-state index in [2.05, 4.69) is 16.0 Å². The molecule has 1 heterocycles. The van der Waals surface area contributed by atoms with Crippen molar-refractivity contribution < 1.29 is 14.3 Å². The third kappa shape index (κ3) is 3.82. The number of carbonyl (C=O) groups excluding carboxylic acids is 1. The number of aromatic nitrogens is 1. The molecule has 30 heavy (non-hydrogen) atoms. The summed E-state index contributed by atoms with van der Waals surface area (Å²) < 4.78 is 13.2. The summed E-state index contributed by atoms with van der Waals surface area (Å²) in [6.07, 6.45) is 2.91. The average Bonchev–Trinajstić information content (AvgIpc) is 2.93. The van der Waals surface area contributed by atoms with Crippen LogP contribution in [0.1, 0.15) is 46.1 Å². The van der Waals surface area contributed by atoms with Gasteiger partial charge in [-0.25, -0.2) is 4.79 Å². The van der Waals surface area contributed by atoms with Crippen molar-refractivity contribution in [2.75, 3.05) is 17.7 Å². The van der Waals surface area contributed by atoms with Gasteiger partial charge in [0.25, 0.3) is 0 Å². The van der Waals surface area contributed by atoms with Gasteiger partial charge in [0.15, 0.2) is 0 Å². The summed E-state index contributed by atoms with van der Waals surface area (Å²) in [5.41, 5.74) is 11.3. The fourth-order valence-corrected chi connectivity index (χ4v) is 3.96. The van der Waals surface area contributed by atoms with Crippen LogP contribution in [-0.2, 0) is 4.74 Å². The zero-order valence-electron chi connectivity index (χ0n) is 17.8. The fraction of sp³-hybridized carbons (Fsp3) is 0.375. The number of amides is 1. The zero-order chi connectivity index (χ0) is 21.3. The topological polar surface area (TPSA) is 78.5 Å². The second-order valence-corrected chi connectivity index (χ2v) is 7.99. The Balaban J connectivity index is 1.72. The van der Waals surface area contributed by atoms with Crippen LogP contribution in [0.25, 0.3) is 22.2 Å². The normalized spacial score (nSPS) is 14.0. The number of anilines is 2. The highest BCUT2D eigenvalue weighted by Gasteiger charge is 2.27. The molecular weight excluding hydrogens is 378 g/mol. The van der Waals surface area contributed by atoms with Gasteiger partial charge < -0.3 is 19.8 Å². The number of nitrogens with one attached hydrogen (secondary N) is 1. The molecule has 0 unspecified atom stereocenters. The molecule has 1 amide bonds. The van der Waals surface area contributed by atoms with Crippen molar-refractivity contribution in [2.45, 2.75) is 52.2 Å². The van der Waals surface area contributed by atoms with Crippen molar-refractivity contribution >= 4 is 28.4 Å². The van der Waals surface area contributed by atoms with Crippen LogP contribution in [0.3, 0.4) is 0 Å². The number of carbonyl (C=O) groups is 1. The van der Waals surface area contributed by atoms with Crippen LogP contribution in [0.2, 0.25) is 0 Å². The lowest BCUT2D eigenvalue weighted by molar-refractivity contribution is 0.130. The predicted octanol–water partition coefficient (Wildman–Crippen LogP) is 5.97. The lowest BCUT2D eigenvalue weighted by atomic mass is 9.92. The smallest absolute Gasteiger partial charge is 0.411 e. The Bertz CT molecular complexity index is 1050. The summed E-state index contributed by atoms with van der Waals surface area (Å²) >= 11 is 0. The number of hydrogen-bond acceptors (Lipinski definition) is 4. The largest absolute Gasteiger partial charge is 0.494 e. The number of rotatable bonds is 6. The molecule has 0 bridgehead atoms. The quantitative estimate of drug-likeness (QED) is 0.527. The third-order valence-electron chi connectivity index (χ3n) is 5.51. The number of benzene rings is 2. The Hall–Kier alpha value is -3.15. The lowest BCUT2D eigenvalue weighted by Gasteiger charge is -2.30. The Morgan fingerprint density at radius 1 is 1.20 bits per heavy atom. The molecule has 1 aliphatic rings. The van der Waals surface area contributed by atoms with E-state index in [1.54, 1.807) is 0 Å². The van der Waals surface area contributed by atoms with Gasteiger partial charge >= 0.3 is 6.09 Å².